The fraction of sp³-hybridized carbons (Fsp3) is 0.357. The smallest absolute Gasteiger partial charge is 0.151 e. The molecule has 5 nitrogen and oxygen atoms in total. The summed E-state index contributed by atoms with van der Waals surface area (Å²) in [5, 5.41) is 11.7. The molecule has 0 amide bonds. The van der Waals surface area contributed by atoms with E-state index in [4.69, 9.17) is 0 Å². The molecule has 19 heavy (non-hydrogen) atoms. The third-order valence-corrected chi connectivity index (χ3v) is 2.82. The lowest BCUT2D eigenvalue weighted by atomic mass is 10.2. The Hall–Kier alpha value is -2.01. The number of anilines is 1. The molecule has 0 fully saturated rings. The molecule has 5 heteroatoms. The van der Waals surface area contributed by atoms with Gasteiger partial charge in [0.05, 0.1) is 5.69 Å². The predicted molar refractivity (Wildman–Crippen MR) is 75.8 cm³/mol. The fourth-order valence-corrected chi connectivity index (χ4v) is 1.75. The van der Waals surface area contributed by atoms with Crippen LogP contribution in [0.15, 0.2) is 36.7 Å². The van der Waals surface area contributed by atoms with Crippen molar-refractivity contribution in [2.75, 3.05) is 18.5 Å². The second-order valence-electron chi connectivity index (χ2n) is 4.37. The van der Waals surface area contributed by atoms with E-state index in [0.717, 1.165) is 31.1 Å². The van der Waals surface area contributed by atoms with Gasteiger partial charge in [-0.15, -0.1) is 5.10 Å². The quantitative estimate of drug-likeness (QED) is 0.852. The van der Waals surface area contributed by atoms with E-state index >= 15 is 0 Å². The number of nitrogens with one attached hydrogen (secondary N) is 1. The molecule has 0 atom stereocenters. The summed E-state index contributed by atoms with van der Waals surface area (Å²) < 4.78 is 0. The van der Waals surface area contributed by atoms with Gasteiger partial charge in [-0.3, -0.25) is 4.98 Å². The van der Waals surface area contributed by atoms with E-state index in [1.54, 1.807) is 12.4 Å². The molecule has 0 bridgehead atoms. The van der Waals surface area contributed by atoms with Gasteiger partial charge in [-0.2, -0.15) is 5.10 Å². The van der Waals surface area contributed by atoms with Crippen molar-refractivity contribution < 1.29 is 0 Å². The summed E-state index contributed by atoms with van der Waals surface area (Å²) in [6.07, 6.45) is 3.60. The Labute approximate surface area is 113 Å². The van der Waals surface area contributed by atoms with Crippen LogP contribution in [0.3, 0.4) is 0 Å². The van der Waals surface area contributed by atoms with Crippen LogP contribution < -0.4 is 10.2 Å². The van der Waals surface area contributed by atoms with Crippen molar-refractivity contribution in [1.82, 2.24) is 20.5 Å². The zero-order valence-electron chi connectivity index (χ0n) is 11.4. The lowest BCUT2D eigenvalue weighted by Gasteiger charge is -2.17. The molecular formula is C14H19N5. The van der Waals surface area contributed by atoms with Gasteiger partial charge in [0.15, 0.2) is 5.82 Å². The maximum Gasteiger partial charge on any atom is 0.151 e. The summed E-state index contributed by atoms with van der Waals surface area (Å²) in [5.41, 5.74) is 2.17. The van der Waals surface area contributed by atoms with Gasteiger partial charge in [0.2, 0.25) is 0 Å². The third-order valence-electron chi connectivity index (χ3n) is 2.82. The second-order valence-corrected chi connectivity index (χ2v) is 4.37. The molecule has 2 aromatic heterocycles. The largest absolute Gasteiger partial charge is 0.354 e. The summed E-state index contributed by atoms with van der Waals surface area (Å²) in [5.74, 6) is 0.872. The van der Waals surface area contributed by atoms with Crippen LogP contribution in [-0.2, 0) is 13.1 Å². The highest BCUT2D eigenvalue weighted by Crippen LogP contribution is 2.11. The summed E-state index contributed by atoms with van der Waals surface area (Å²) in [6, 6.07) is 8.02. The second kappa shape index (κ2) is 6.80. The summed E-state index contributed by atoms with van der Waals surface area (Å²) in [4.78, 5) is 6.08. The molecule has 0 aromatic carbocycles. The highest BCUT2D eigenvalue weighted by molar-refractivity contribution is 5.37. The average Bonchev–Trinajstić information content (AvgIpc) is 2.46. The molecule has 2 aromatic rings. The minimum Gasteiger partial charge on any atom is -0.354 e. The standard InChI is InChI=1S/C14H19N5/c1-3-15-10-13-4-5-14(18-17-13)19(2)11-12-6-8-16-9-7-12/h4-9,15H,3,10-11H2,1-2H3. The van der Waals surface area contributed by atoms with E-state index in [2.05, 4.69) is 32.3 Å². The molecule has 0 radical (unpaired) electrons. The van der Waals surface area contributed by atoms with E-state index in [1.165, 1.54) is 5.56 Å². The van der Waals surface area contributed by atoms with Crippen molar-refractivity contribution in [1.29, 1.82) is 0 Å². The molecule has 0 aliphatic carbocycles. The Kier molecular flexibility index (Phi) is 4.80. The predicted octanol–water partition coefficient (Wildman–Crippen LogP) is 1.62. The molecule has 100 valence electrons. The van der Waals surface area contributed by atoms with Crippen molar-refractivity contribution in [3.63, 3.8) is 0 Å². The first-order valence-electron chi connectivity index (χ1n) is 6.43. The molecule has 1 N–H and O–H groups in total. The Bertz CT molecular complexity index is 483. The monoisotopic (exact) mass is 257 g/mol. The first-order valence-corrected chi connectivity index (χ1v) is 6.43. The summed E-state index contributed by atoms with van der Waals surface area (Å²) >= 11 is 0. The minimum absolute atomic E-state index is 0.762. The Morgan fingerprint density at radius 2 is 1.89 bits per heavy atom. The Morgan fingerprint density at radius 1 is 1.11 bits per heavy atom. The number of rotatable bonds is 6. The van der Waals surface area contributed by atoms with Gasteiger partial charge in [0.25, 0.3) is 0 Å². The SMILES string of the molecule is CCNCc1ccc(N(C)Cc2ccncc2)nn1. The van der Waals surface area contributed by atoms with Crippen LogP contribution in [0.25, 0.3) is 0 Å². The number of aromatic nitrogens is 3. The lowest BCUT2D eigenvalue weighted by molar-refractivity contribution is 0.696. The molecule has 0 aliphatic heterocycles. The van der Waals surface area contributed by atoms with Crippen molar-refractivity contribution in [3.8, 4) is 0 Å². The number of pyridine rings is 1. The van der Waals surface area contributed by atoms with Gasteiger partial charge in [-0.25, -0.2) is 0 Å². The van der Waals surface area contributed by atoms with Gasteiger partial charge in [-0.1, -0.05) is 6.92 Å². The Balaban J connectivity index is 1.97. The van der Waals surface area contributed by atoms with Crippen LogP contribution in [0, 0.1) is 0 Å². The van der Waals surface area contributed by atoms with Crippen LogP contribution in [-0.4, -0.2) is 28.8 Å². The van der Waals surface area contributed by atoms with Crippen LogP contribution >= 0.6 is 0 Å². The van der Waals surface area contributed by atoms with E-state index in [-0.39, 0.29) is 0 Å². The molecule has 0 unspecified atom stereocenters. The van der Waals surface area contributed by atoms with E-state index in [9.17, 15) is 0 Å². The summed E-state index contributed by atoms with van der Waals surface area (Å²) in [6.45, 7) is 4.57. The minimum atomic E-state index is 0.762. The highest BCUT2D eigenvalue weighted by Gasteiger charge is 2.04. The maximum absolute atomic E-state index is 4.25. The van der Waals surface area contributed by atoms with Gasteiger partial charge < -0.3 is 10.2 Å². The first kappa shape index (κ1) is 13.4. The van der Waals surface area contributed by atoms with Gasteiger partial charge >= 0.3 is 0 Å². The maximum atomic E-state index is 4.25. The van der Waals surface area contributed by atoms with Crippen LogP contribution in [0.1, 0.15) is 18.2 Å². The van der Waals surface area contributed by atoms with Crippen molar-refractivity contribution in [3.05, 3.63) is 47.9 Å². The van der Waals surface area contributed by atoms with Crippen molar-refractivity contribution in [2.45, 2.75) is 20.0 Å². The van der Waals surface area contributed by atoms with Gasteiger partial charge in [0, 0.05) is 32.5 Å². The van der Waals surface area contributed by atoms with Crippen LogP contribution in [0.5, 0.6) is 0 Å². The van der Waals surface area contributed by atoms with Gasteiger partial charge in [-0.05, 0) is 36.4 Å². The van der Waals surface area contributed by atoms with Crippen LogP contribution in [0.2, 0.25) is 0 Å². The normalized spacial score (nSPS) is 10.4. The van der Waals surface area contributed by atoms with Crippen LogP contribution in [0.4, 0.5) is 5.82 Å². The number of nitrogens with zero attached hydrogens (tertiary/aromatic N) is 4. The van der Waals surface area contributed by atoms with Crippen molar-refractivity contribution in [2.24, 2.45) is 0 Å². The molecule has 0 saturated heterocycles. The molecule has 0 spiro atoms. The first-order chi connectivity index (χ1) is 9.29. The molecule has 2 heterocycles. The topological polar surface area (TPSA) is 53.9 Å². The number of hydrogen-bond donors (Lipinski definition) is 1. The highest BCUT2D eigenvalue weighted by atomic mass is 15.2. The average molecular weight is 257 g/mol. The number of hydrogen-bond acceptors (Lipinski definition) is 5. The summed E-state index contributed by atoms with van der Waals surface area (Å²) in [7, 11) is 2.01. The van der Waals surface area contributed by atoms with Gasteiger partial charge in [0.1, 0.15) is 0 Å². The Morgan fingerprint density at radius 3 is 2.53 bits per heavy atom. The third kappa shape index (κ3) is 3.99. The van der Waals surface area contributed by atoms with E-state index in [1.807, 2.05) is 31.3 Å². The zero-order valence-corrected chi connectivity index (χ0v) is 11.4. The van der Waals surface area contributed by atoms with Crippen molar-refractivity contribution >= 4 is 5.82 Å². The molecule has 0 saturated carbocycles. The fourth-order valence-electron chi connectivity index (χ4n) is 1.75. The molecule has 0 aliphatic rings. The zero-order chi connectivity index (χ0) is 13.5. The van der Waals surface area contributed by atoms with E-state index in [0.29, 0.717) is 0 Å². The molecule has 2 rings (SSSR count). The molecular weight excluding hydrogens is 238 g/mol. The lowest BCUT2D eigenvalue weighted by Crippen LogP contribution is -2.19. The van der Waals surface area contributed by atoms with E-state index < -0.39 is 0 Å².